The van der Waals surface area contributed by atoms with Crippen LogP contribution in [0.1, 0.15) is 32.8 Å². The summed E-state index contributed by atoms with van der Waals surface area (Å²) in [6.07, 6.45) is 0.209. The fourth-order valence-electron chi connectivity index (χ4n) is 1.49. The van der Waals surface area contributed by atoms with Gasteiger partial charge in [0.05, 0.1) is 4.47 Å². The summed E-state index contributed by atoms with van der Waals surface area (Å²) in [5.74, 6) is -0.603. The van der Waals surface area contributed by atoms with Gasteiger partial charge >= 0.3 is 0 Å². The zero-order chi connectivity index (χ0) is 14.8. The molecule has 0 aliphatic carbocycles. The quantitative estimate of drug-likeness (QED) is 0.889. The number of rotatable bonds is 3. The van der Waals surface area contributed by atoms with Gasteiger partial charge in [-0.3, -0.25) is 4.79 Å². The summed E-state index contributed by atoms with van der Waals surface area (Å²) < 4.78 is 13.8. The average molecular weight is 331 g/mol. The molecule has 0 bridgehead atoms. The minimum atomic E-state index is -0.402. The smallest absolute Gasteiger partial charge is 0.225 e. The Morgan fingerprint density at radius 3 is 2.58 bits per heavy atom. The first kappa shape index (κ1) is 16.1. The number of aryl methyl sites for hydroxylation is 1. The first-order valence-electron chi connectivity index (χ1n) is 6.12. The lowest BCUT2D eigenvalue weighted by Crippen LogP contribution is -2.38. The molecule has 1 amide bonds. The number of nitrogens with one attached hydrogen (secondary N) is 1. The minimum Gasteiger partial charge on any atom is -0.327 e. The van der Waals surface area contributed by atoms with Crippen LogP contribution >= 0.6 is 15.9 Å². The summed E-state index contributed by atoms with van der Waals surface area (Å²) in [5, 5.41) is 2.70. The molecule has 0 aromatic heterocycles. The molecule has 3 N–H and O–H groups in total. The van der Waals surface area contributed by atoms with Crippen molar-refractivity contribution in [1.29, 1.82) is 0 Å². The van der Waals surface area contributed by atoms with Crippen molar-refractivity contribution in [3.63, 3.8) is 0 Å². The molecule has 0 saturated heterocycles. The zero-order valence-corrected chi connectivity index (χ0v) is 13.3. The summed E-state index contributed by atoms with van der Waals surface area (Å²) in [6, 6.07) is 2.70. The maximum Gasteiger partial charge on any atom is 0.225 e. The minimum absolute atomic E-state index is 0.142. The Bertz CT molecular complexity index is 483. The Kier molecular flexibility index (Phi) is 5.10. The molecule has 19 heavy (non-hydrogen) atoms. The van der Waals surface area contributed by atoms with Crippen LogP contribution in [-0.2, 0) is 4.79 Å². The van der Waals surface area contributed by atoms with Gasteiger partial charge in [0, 0.05) is 18.2 Å². The van der Waals surface area contributed by atoms with Crippen molar-refractivity contribution >= 4 is 27.5 Å². The molecule has 0 aliphatic rings. The lowest BCUT2D eigenvalue weighted by Gasteiger charge is -2.26. The number of amides is 1. The van der Waals surface area contributed by atoms with Crippen molar-refractivity contribution in [2.75, 3.05) is 5.32 Å². The van der Waals surface area contributed by atoms with Gasteiger partial charge in [0.25, 0.3) is 0 Å². The van der Waals surface area contributed by atoms with E-state index in [0.717, 1.165) is 5.56 Å². The Morgan fingerprint density at radius 1 is 1.47 bits per heavy atom. The van der Waals surface area contributed by atoms with Crippen LogP contribution in [0.2, 0.25) is 0 Å². The van der Waals surface area contributed by atoms with E-state index >= 15 is 0 Å². The van der Waals surface area contributed by atoms with E-state index in [4.69, 9.17) is 5.73 Å². The van der Waals surface area contributed by atoms with E-state index in [1.165, 1.54) is 6.07 Å². The number of hydrogen-bond donors (Lipinski definition) is 2. The Hall–Kier alpha value is -0.940. The van der Waals surface area contributed by atoms with Crippen LogP contribution in [0.15, 0.2) is 16.6 Å². The molecule has 1 unspecified atom stereocenters. The van der Waals surface area contributed by atoms with Crippen LogP contribution in [-0.4, -0.2) is 11.9 Å². The first-order valence-corrected chi connectivity index (χ1v) is 6.91. The van der Waals surface area contributed by atoms with E-state index in [9.17, 15) is 9.18 Å². The van der Waals surface area contributed by atoms with E-state index in [1.54, 1.807) is 6.07 Å². The number of nitrogens with two attached hydrogens (primary N) is 1. The predicted molar refractivity (Wildman–Crippen MR) is 79.5 cm³/mol. The highest BCUT2D eigenvalue weighted by molar-refractivity contribution is 9.10. The van der Waals surface area contributed by atoms with Crippen LogP contribution in [0.5, 0.6) is 0 Å². The topological polar surface area (TPSA) is 55.1 Å². The molecular weight excluding hydrogens is 311 g/mol. The molecule has 0 fully saturated rings. The van der Waals surface area contributed by atoms with Crippen LogP contribution in [0, 0.1) is 18.2 Å². The maximum atomic E-state index is 13.4. The summed E-state index contributed by atoms with van der Waals surface area (Å²) >= 11 is 3.11. The lowest BCUT2D eigenvalue weighted by atomic mass is 9.85. The zero-order valence-electron chi connectivity index (χ0n) is 11.7. The highest BCUT2D eigenvalue weighted by Crippen LogP contribution is 2.25. The molecule has 0 saturated carbocycles. The number of carbonyl (C=O) groups is 1. The van der Waals surface area contributed by atoms with Gasteiger partial charge in [-0.1, -0.05) is 20.8 Å². The van der Waals surface area contributed by atoms with Gasteiger partial charge in [0.15, 0.2) is 0 Å². The second-order valence-electron chi connectivity index (χ2n) is 5.81. The molecule has 1 aromatic carbocycles. The number of hydrogen-bond acceptors (Lipinski definition) is 2. The molecule has 0 aliphatic heterocycles. The molecular formula is C14H20BrFN2O. The van der Waals surface area contributed by atoms with Crippen molar-refractivity contribution in [3.05, 3.63) is 28.0 Å². The fraction of sp³-hybridized carbons (Fsp3) is 0.500. The van der Waals surface area contributed by atoms with Gasteiger partial charge in [-0.15, -0.1) is 0 Å². The molecule has 106 valence electrons. The first-order chi connectivity index (χ1) is 8.61. The molecule has 1 atom stereocenters. The van der Waals surface area contributed by atoms with Gasteiger partial charge in [-0.05, 0) is 46.0 Å². The van der Waals surface area contributed by atoms with Gasteiger partial charge in [0.1, 0.15) is 5.82 Å². The summed E-state index contributed by atoms with van der Waals surface area (Å²) in [5.41, 5.74) is 7.09. The number of benzene rings is 1. The molecule has 0 heterocycles. The molecule has 3 nitrogen and oxygen atoms in total. The molecule has 0 radical (unpaired) electrons. The monoisotopic (exact) mass is 330 g/mol. The van der Waals surface area contributed by atoms with Crippen molar-refractivity contribution in [2.24, 2.45) is 11.1 Å². The summed E-state index contributed by atoms with van der Waals surface area (Å²) in [6.45, 7) is 7.75. The average Bonchev–Trinajstić information content (AvgIpc) is 2.24. The highest BCUT2D eigenvalue weighted by atomic mass is 79.9. The van der Waals surface area contributed by atoms with Gasteiger partial charge in [-0.2, -0.15) is 0 Å². The number of anilines is 1. The van der Waals surface area contributed by atoms with E-state index in [1.807, 2.05) is 27.7 Å². The van der Waals surface area contributed by atoms with E-state index in [-0.39, 0.29) is 23.8 Å². The molecule has 1 aromatic rings. The van der Waals surface area contributed by atoms with Crippen LogP contribution in [0.3, 0.4) is 0 Å². The lowest BCUT2D eigenvalue weighted by molar-refractivity contribution is -0.117. The highest BCUT2D eigenvalue weighted by Gasteiger charge is 2.23. The third kappa shape index (κ3) is 4.58. The van der Waals surface area contributed by atoms with Gasteiger partial charge in [0.2, 0.25) is 5.91 Å². The standard InChI is InChI=1S/C14H20BrFN2O/c1-8-5-9(15)10(16)6-11(8)18-13(19)7-12(17)14(2,3)4/h5-6,12H,7,17H2,1-4H3,(H,18,19). The second-order valence-corrected chi connectivity index (χ2v) is 6.66. The Morgan fingerprint density at radius 2 is 2.05 bits per heavy atom. The van der Waals surface area contributed by atoms with Gasteiger partial charge < -0.3 is 11.1 Å². The van der Waals surface area contributed by atoms with E-state index in [2.05, 4.69) is 21.2 Å². The molecule has 0 spiro atoms. The Labute approximate surface area is 121 Å². The largest absolute Gasteiger partial charge is 0.327 e. The van der Waals surface area contributed by atoms with Crippen LogP contribution < -0.4 is 11.1 Å². The predicted octanol–water partition coefficient (Wildman–Crippen LogP) is 3.60. The molecule has 5 heteroatoms. The van der Waals surface area contributed by atoms with Gasteiger partial charge in [-0.25, -0.2) is 4.39 Å². The fourth-order valence-corrected chi connectivity index (χ4v) is 1.95. The maximum absolute atomic E-state index is 13.4. The van der Waals surface area contributed by atoms with Crippen molar-refractivity contribution < 1.29 is 9.18 Å². The Balaban J connectivity index is 2.76. The summed E-state index contributed by atoms with van der Waals surface area (Å²) in [7, 11) is 0. The van der Waals surface area contributed by atoms with E-state index < -0.39 is 5.82 Å². The van der Waals surface area contributed by atoms with Crippen LogP contribution in [0.4, 0.5) is 10.1 Å². The third-order valence-corrected chi connectivity index (χ3v) is 3.67. The van der Waals surface area contributed by atoms with E-state index in [0.29, 0.717) is 10.2 Å². The van der Waals surface area contributed by atoms with Crippen molar-refractivity contribution in [2.45, 2.75) is 40.2 Å². The van der Waals surface area contributed by atoms with Crippen LogP contribution in [0.25, 0.3) is 0 Å². The molecule has 1 rings (SSSR count). The number of carbonyl (C=O) groups excluding carboxylic acids is 1. The second kappa shape index (κ2) is 6.01. The SMILES string of the molecule is Cc1cc(Br)c(F)cc1NC(=O)CC(N)C(C)(C)C. The normalized spacial score (nSPS) is 13.2. The summed E-state index contributed by atoms with van der Waals surface area (Å²) in [4.78, 5) is 11.9. The number of halogens is 2. The van der Waals surface area contributed by atoms with Crippen molar-refractivity contribution in [1.82, 2.24) is 0 Å². The van der Waals surface area contributed by atoms with Crippen molar-refractivity contribution in [3.8, 4) is 0 Å². The third-order valence-electron chi connectivity index (χ3n) is 3.06.